The highest BCUT2D eigenvalue weighted by molar-refractivity contribution is 7.84. The van der Waals surface area contributed by atoms with Crippen molar-refractivity contribution in [1.82, 2.24) is 4.72 Å². The van der Waals surface area contributed by atoms with Crippen LogP contribution in [0.4, 0.5) is 0 Å². The molecular formula is C26H36N2O4S. The SMILES string of the molecule is CCCCCCCCCCCCNS(=O)(=O)O/N=C(/C(=O)c1ccccc1)c1ccccc1. The molecule has 7 heteroatoms. The summed E-state index contributed by atoms with van der Waals surface area (Å²) in [5.74, 6) is -0.410. The van der Waals surface area contributed by atoms with Gasteiger partial charge >= 0.3 is 10.3 Å². The number of nitrogens with zero attached hydrogens (tertiary/aromatic N) is 1. The number of carbonyl (C=O) groups excluding carboxylic acids is 1. The van der Waals surface area contributed by atoms with Crippen LogP contribution in [0.1, 0.15) is 87.1 Å². The maximum atomic E-state index is 12.9. The van der Waals surface area contributed by atoms with Crippen LogP contribution in [-0.4, -0.2) is 26.5 Å². The largest absolute Gasteiger partial charge is 0.402 e. The van der Waals surface area contributed by atoms with Crippen LogP contribution in [0.15, 0.2) is 65.8 Å². The molecule has 2 aromatic carbocycles. The molecule has 0 amide bonds. The first kappa shape index (κ1) is 26.7. The summed E-state index contributed by atoms with van der Waals surface area (Å²) in [6, 6.07) is 17.3. The van der Waals surface area contributed by atoms with Gasteiger partial charge in [-0.3, -0.25) is 9.08 Å². The molecule has 2 aromatic rings. The summed E-state index contributed by atoms with van der Waals surface area (Å²) < 4.78 is 31.7. The van der Waals surface area contributed by atoms with Gasteiger partial charge in [-0.25, -0.2) is 0 Å². The van der Waals surface area contributed by atoms with Gasteiger partial charge in [0.05, 0.1) is 0 Å². The minimum absolute atomic E-state index is 0.0638. The normalized spacial score (nSPS) is 12.0. The minimum atomic E-state index is -4.10. The molecule has 0 aliphatic carbocycles. The van der Waals surface area contributed by atoms with E-state index in [-0.39, 0.29) is 12.3 Å². The second-order valence-corrected chi connectivity index (χ2v) is 9.45. The van der Waals surface area contributed by atoms with Crippen molar-refractivity contribution >= 4 is 21.8 Å². The zero-order valence-corrected chi connectivity index (χ0v) is 20.4. The third kappa shape index (κ3) is 10.8. The fourth-order valence-corrected chi connectivity index (χ4v) is 4.09. The monoisotopic (exact) mass is 472 g/mol. The van der Waals surface area contributed by atoms with E-state index in [1.165, 1.54) is 44.9 Å². The van der Waals surface area contributed by atoms with Crippen LogP contribution in [0.5, 0.6) is 0 Å². The van der Waals surface area contributed by atoms with Crippen molar-refractivity contribution in [2.24, 2.45) is 5.16 Å². The Kier molecular flexibility index (Phi) is 12.4. The predicted molar refractivity (Wildman–Crippen MR) is 134 cm³/mol. The Morgan fingerprint density at radius 1 is 0.758 bits per heavy atom. The van der Waals surface area contributed by atoms with Crippen molar-refractivity contribution in [2.75, 3.05) is 6.54 Å². The highest BCUT2D eigenvalue weighted by atomic mass is 32.2. The summed E-state index contributed by atoms with van der Waals surface area (Å²) in [6.45, 7) is 2.50. The topological polar surface area (TPSA) is 84.8 Å². The van der Waals surface area contributed by atoms with E-state index in [0.29, 0.717) is 11.1 Å². The van der Waals surface area contributed by atoms with Crippen LogP contribution < -0.4 is 4.72 Å². The van der Waals surface area contributed by atoms with E-state index in [4.69, 9.17) is 4.28 Å². The molecule has 0 spiro atoms. The Bertz CT molecular complexity index is 945. The van der Waals surface area contributed by atoms with Crippen LogP contribution in [0.2, 0.25) is 0 Å². The number of ketones is 1. The Hall–Kier alpha value is -2.51. The van der Waals surface area contributed by atoms with Crippen molar-refractivity contribution < 1.29 is 17.5 Å². The molecule has 0 aromatic heterocycles. The van der Waals surface area contributed by atoms with Gasteiger partial charge in [0.2, 0.25) is 5.78 Å². The molecule has 0 heterocycles. The van der Waals surface area contributed by atoms with Crippen LogP contribution in [-0.2, 0) is 14.6 Å². The molecule has 2 rings (SSSR count). The van der Waals surface area contributed by atoms with Crippen LogP contribution in [0.3, 0.4) is 0 Å². The average Bonchev–Trinajstić information content (AvgIpc) is 2.83. The number of benzene rings is 2. The van der Waals surface area contributed by atoms with E-state index in [0.717, 1.165) is 19.3 Å². The number of hydrogen-bond donors (Lipinski definition) is 1. The molecule has 0 unspecified atom stereocenters. The molecule has 0 radical (unpaired) electrons. The summed E-state index contributed by atoms with van der Waals surface area (Å²) >= 11 is 0. The van der Waals surface area contributed by atoms with Crippen molar-refractivity contribution in [3.8, 4) is 0 Å². The highest BCUT2D eigenvalue weighted by Crippen LogP contribution is 2.12. The number of hydrogen-bond acceptors (Lipinski definition) is 5. The lowest BCUT2D eigenvalue weighted by Crippen LogP contribution is -2.26. The molecule has 0 atom stereocenters. The average molecular weight is 473 g/mol. The van der Waals surface area contributed by atoms with Crippen molar-refractivity contribution in [3.05, 3.63) is 71.8 Å². The summed E-state index contributed by atoms with van der Waals surface area (Å²) in [4.78, 5) is 12.9. The fourth-order valence-electron chi connectivity index (χ4n) is 3.47. The minimum Gasteiger partial charge on any atom is -0.287 e. The summed E-state index contributed by atoms with van der Waals surface area (Å²) in [5, 5.41) is 3.73. The van der Waals surface area contributed by atoms with Crippen molar-refractivity contribution in [1.29, 1.82) is 0 Å². The van der Waals surface area contributed by atoms with Crippen molar-refractivity contribution in [2.45, 2.75) is 71.1 Å². The first-order valence-electron chi connectivity index (χ1n) is 11.9. The number of nitrogens with one attached hydrogen (secondary N) is 1. The van der Waals surface area contributed by atoms with Gasteiger partial charge in [0.1, 0.15) is 0 Å². The number of oxime groups is 1. The lowest BCUT2D eigenvalue weighted by atomic mass is 10.0. The van der Waals surface area contributed by atoms with Gasteiger partial charge in [-0.05, 0) is 6.42 Å². The van der Waals surface area contributed by atoms with Gasteiger partial charge in [0.15, 0.2) is 5.71 Å². The maximum absolute atomic E-state index is 12.9. The first-order chi connectivity index (χ1) is 16.0. The van der Waals surface area contributed by atoms with Gasteiger partial charge < -0.3 is 0 Å². The Morgan fingerprint density at radius 2 is 1.24 bits per heavy atom. The molecular weight excluding hydrogens is 436 g/mol. The van der Waals surface area contributed by atoms with Crippen LogP contribution in [0, 0.1) is 0 Å². The molecule has 0 aliphatic rings. The van der Waals surface area contributed by atoms with E-state index in [1.807, 2.05) is 0 Å². The number of rotatable bonds is 17. The Balaban J connectivity index is 1.81. The highest BCUT2D eigenvalue weighted by Gasteiger charge is 2.19. The van der Waals surface area contributed by atoms with E-state index in [9.17, 15) is 13.2 Å². The maximum Gasteiger partial charge on any atom is 0.402 e. The summed E-state index contributed by atoms with van der Waals surface area (Å²) in [6.07, 6.45) is 11.7. The third-order valence-electron chi connectivity index (χ3n) is 5.33. The first-order valence-corrected chi connectivity index (χ1v) is 13.4. The fraction of sp³-hybridized carbons (Fsp3) is 0.462. The zero-order chi connectivity index (χ0) is 23.8. The lowest BCUT2D eigenvalue weighted by molar-refractivity contribution is 0.106. The molecule has 1 N–H and O–H groups in total. The van der Waals surface area contributed by atoms with E-state index < -0.39 is 16.1 Å². The Labute approximate surface area is 198 Å². The van der Waals surface area contributed by atoms with E-state index >= 15 is 0 Å². The molecule has 0 fully saturated rings. The predicted octanol–water partition coefficient (Wildman–Crippen LogP) is 6.05. The van der Waals surface area contributed by atoms with Gasteiger partial charge in [-0.1, -0.05) is 131 Å². The van der Waals surface area contributed by atoms with Gasteiger partial charge in [0.25, 0.3) is 0 Å². The van der Waals surface area contributed by atoms with Crippen LogP contribution in [0.25, 0.3) is 0 Å². The van der Waals surface area contributed by atoms with E-state index in [1.54, 1.807) is 60.7 Å². The lowest BCUT2D eigenvalue weighted by Gasteiger charge is -2.08. The molecule has 180 valence electrons. The van der Waals surface area contributed by atoms with Gasteiger partial charge in [0, 0.05) is 17.7 Å². The summed E-state index contributed by atoms with van der Waals surface area (Å²) in [7, 11) is -4.10. The quantitative estimate of drug-likeness (QED) is 0.132. The van der Waals surface area contributed by atoms with Crippen LogP contribution >= 0.6 is 0 Å². The molecule has 33 heavy (non-hydrogen) atoms. The van der Waals surface area contributed by atoms with Gasteiger partial charge in [-0.15, -0.1) is 0 Å². The number of Topliss-reactive ketones (excluding diaryl/α,β-unsaturated/α-hetero) is 1. The standard InChI is InChI=1S/C26H36N2O4S/c1-2-3-4-5-6-7-8-9-10-17-22-27-33(30,31)32-28-25(23-18-13-11-14-19-23)26(29)24-20-15-12-16-21-24/h11-16,18-21,27H,2-10,17,22H2,1H3/b28-25+. The second kappa shape index (κ2) is 15.3. The molecule has 0 aliphatic heterocycles. The molecule has 6 nitrogen and oxygen atoms in total. The summed E-state index contributed by atoms with van der Waals surface area (Å²) in [5.41, 5.74) is 0.821. The molecule has 0 saturated heterocycles. The van der Waals surface area contributed by atoms with E-state index in [2.05, 4.69) is 16.8 Å². The Morgan fingerprint density at radius 3 is 1.79 bits per heavy atom. The third-order valence-corrected chi connectivity index (χ3v) is 6.16. The number of carbonyl (C=O) groups is 1. The number of unbranched alkanes of at least 4 members (excludes halogenated alkanes) is 9. The zero-order valence-electron chi connectivity index (χ0n) is 19.5. The smallest absolute Gasteiger partial charge is 0.287 e. The van der Waals surface area contributed by atoms with Crippen molar-refractivity contribution in [3.63, 3.8) is 0 Å². The second-order valence-electron chi connectivity index (χ2n) is 8.11. The van der Waals surface area contributed by atoms with Gasteiger partial charge in [-0.2, -0.15) is 13.1 Å². The molecule has 0 bridgehead atoms. The molecule has 0 saturated carbocycles.